The van der Waals surface area contributed by atoms with Crippen LogP contribution in [0.1, 0.15) is 31.2 Å². The summed E-state index contributed by atoms with van der Waals surface area (Å²) in [6.45, 7) is 1.13. The Morgan fingerprint density at radius 1 is 1.33 bits per heavy atom. The van der Waals surface area contributed by atoms with E-state index in [-0.39, 0.29) is 11.6 Å². The molecule has 0 spiro atoms. The number of H-pyrrole nitrogens is 1. The summed E-state index contributed by atoms with van der Waals surface area (Å²) in [6.07, 6.45) is 6.57. The van der Waals surface area contributed by atoms with Gasteiger partial charge in [-0.1, -0.05) is 12.8 Å². The Hall–Kier alpha value is -1.78. The van der Waals surface area contributed by atoms with Crippen LogP contribution in [-0.2, 0) is 6.54 Å². The predicted molar refractivity (Wildman–Crippen MR) is 69.3 cm³/mol. The van der Waals surface area contributed by atoms with Crippen LogP contribution in [0.25, 0.3) is 0 Å². The Labute approximate surface area is 106 Å². The van der Waals surface area contributed by atoms with Crippen LogP contribution in [0.5, 0.6) is 0 Å². The molecule has 0 unspecified atom stereocenters. The number of urea groups is 1. The molecule has 0 atom stereocenters. The zero-order valence-corrected chi connectivity index (χ0v) is 10.4. The number of hydrogen-bond acceptors (Lipinski definition) is 2. The first kappa shape index (κ1) is 12.7. The lowest BCUT2D eigenvalue weighted by Crippen LogP contribution is -2.37. The number of rotatable bonds is 4. The van der Waals surface area contributed by atoms with Gasteiger partial charge in [0.15, 0.2) is 0 Å². The first-order chi connectivity index (χ1) is 8.74. The lowest BCUT2D eigenvalue weighted by molar-refractivity contribution is 0.238. The number of aromatic nitrogens is 1. The molecule has 1 aromatic heterocycles. The van der Waals surface area contributed by atoms with E-state index in [4.69, 9.17) is 0 Å². The number of carbonyl (C=O) groups excluding carboxylic acids is 1. The molecule has 0 saturated heterocycles. The van der Waals surface area contributed by atoms with E-state index in [1.54, 1.807) is 12.3 Å². The summed E-state index contributed by atoms with van der Waals surface area (Å²) >= 11 is 0. The van der Waals surface area contributed by atoms with Crippen LogP contribution in [0.15, 0.2) is 23.1 Å². The van der Waals surface area contributed by atoms with Gasteiger partial charge >= 0.3 is 6.03 Å². The van der Waals surface area contributed by atoms with Gasteiger partial charge in [-0.2, -0.15) is 0 Å². The summed E-state index contributed by atoms with van der Waals surface area (Å²) in [5.74, 6) is 0.635. The van der Waals surface area contributed by atoms with Gasteiger partial charge in [0.2, 0.25) is 5.56 Å². The van der Waals surface area contributed by atoms with Crippen molar-refractivity contribution in [3.8, 4) is 0 Å². The van der Waals surface area contributed by atoms with E-state index in [0.29, 0.717) is 12.5 Å². The van der Waals surface area contributed by atoms with Crippen molar-refractivity contribution in [3.05, 3.63) is 34.2 Å². The van der Waals surface area contributed by atoms with Crippen molar-refractivity contribution >= 4 is 6.03 Å². The van der Waals surface area contributed by atoms with Crippen LogP contribution < -0.4 is 16.2 Å². The number of amides is 2. The average Bonchev–Trinajstić information content (AvgIpc) is 2.87. The highest BCUT2D eigenvalue weighted by atomic mass is 16.2. The monoisotopic (exact) mass is 249 g/mol. The lowest BCUT2D eigenvalue weighted by Gasteiger charge is -2.11. The van der Waals surface area contributed by atoms with E-state index in [1.165, 1.54) is 31.7 Å². The molecule has 1 aliphatic rings. The molecule has 2 amide bonds. The summed E-state index contributed by atoms with van der Waals surface area (Å²) in [7, 11) is 0. The fraction of sp³-hybridized carbons (Fsp3) is 0.538. The maximum Gasteiger partial charge on any atom is 0.315 e. The van der Waals surface area contributed by atoms with Gasteiger partial charge < -0.3 is 15.6 Å². The Bertz CT molecular complexity index is 450. The molecule has 3 N–H and O–H groups in total. The molecule has 1 heterocycles. The Morgan fingerprint density at radius 2 is 2.11 bits per heavy atom. The summed E-state index contributed by atoms with van der Waals surface area (Å²) in [4.78, 5) is 25.1. The number of carbonyl (C=O) groups is 1. The fourth-order valence-corrected chi connectivity index (χ4v) is 2.30. The quantitative estimate of drug-likeness (QED) is 0.754. The molecule has 0 aliphatic heterocycles. The van der Waals surface area contributed by atoms with Gasteiger partial charge in [0.05, 0.1) is 0 Å². The van der Waals surface area contributed by atoms with E-state index in [0.717, 1.165) is 12.1 Å². The Morgan fingerprint density at radius 3 is 2.83 bits per heavy atom. The van der Waals surface area contributed by atoms with Gasteiger partial charge in [-0.3, -0.25) is 4.79 Å². The van der Waals surface area contributed by atoms with Crippen LogP contribution in [0.4, 0.5) is 4.79 Å². The molecule has 1 saturated carbocycles. The number of nitrogens with one attached hydrogen (secondary N) is 3. The first-order valence-electron chi connectivity index (χ1n) is 6.43. The standard InChI is InChI=1S/C13H19N3O2/c17-12-7-11(5-6-14-12)9-16-13(18)15-8-10-3-1-2-4-10/h5-7,10H,1-4,8-9H2,(H,14,17)(H2,15,16,18). The molecule has 0 bridgehead atoms. The van der Waals surface area contributed by atoms with E-state index >= 15 is 0 Å². The van der Waals surface area contributed by atoms with Gasteiger partial charge in [-0.15, -0.1) is 0 Å². The zero-order chi connectivity index (χ0) is 12.8. The third-order valence-electron chi connectivity index (χ3n) is 3.32. The minimum absolute atomic E-state index is 0.152. The van der Waals surface area contributed by atoms with Crippen LogP contribution in [0, 0.1) is 5.92 Å². The molecule has 2 rings (SSSR count). The number of pyridine rings is 1. The second kappa shape index (κ2) is 6.23. The molecule has 1 aliphatic carbocycles. The van der Waals surface area contributed by atoms with Crippen LogP contribution in [-0.4, -0.2) is 17.6 Å². The Balaban J connectivity index is 1.69. The molecule has 0 radical (unpaired) electrons. The predicted octanol–water partition coefficient (Wildman–Crippen LogP) is 1.36. The summed E-state index contributed by atoms with van der Waals surface area (Å²) < 4.78 is 0. The summed E-state index contributed by atoms with van der Waals surface area (Å²) in [6, 6.07) is 3.10. The molecular weight excluding hydrogens is 230 g/mol. The van der Waals surface area contributed by atoms with E-state index in [2.05, 4.69) is 15.6 Å². The van der Waals surface area contributed by atoms with Crippen molar-refractivity contribution in [3.63, 3.8) is 0 Å². The molecule has 0 aromatic carbocycles. The maximum absolute atomic E-state index is 11.5. The van der Waals surface area contributed by atoms with E-state index in [9.17, 15) is 9.59 Å². The van der Waals surface area contributed by atoms with Gasteiger partial charge in [0.1, 0.15) is 0 Å². The van der Waals surface area contributed by atoms with Gasteiger partial charge in [0.25, 0.3) is 0 Å². The molecule has 98 valence electrons. The molecule has 1 aromatic rings. The zero-order valence-electron chi connectivity index (χ0n) is 10.4. The van der Waals surface area contributed by atoms with Gasteiger partial charge in [-0.05, 0) is 30.4 Å². The second-order valence-electron chi connectivity index (χ2n) is 4.78. The topological polar surface area (TPSA) is 74.0 Å². The molecule has 5 heteroatoms. The lowest BCUT2D eigenvalue weighted by atomic mass is 10.1. The minimum Gasteiger partial charge on any atom is -0.338 e. The van der Waals surface area contributed by atoms with Crippen LogP contribution in [0.3, 0.4) is 0 Å². The smallest absolute Gasteiger partial charge is 0.315 e. The SMILES string of the molecule is O=C(NCc1cc[nH]c(=O)c1)NCC1CCCC1. The highest BCUT2D eigenvalue weighted by Gasteiger charge is 2.15. The highest BCUT2D eigenvalue weighted by Crippen LogP contribution is 2.23. The van der Waals surface area contributed by atoms with Crippen molar-refractivity contribution in [1.29, 1.82) is 0 Å². The maximum atomic E-state index is 11.5. The Kier molecular flexibility index (Phi) is 4.39. The van der Waals surface area contributed by atoms with E-state index in [1.807, 2.05) is 0 Å². The second-order valence-corrected chi connectivity index (χ2v) is 4.78. The van der Waals surface area contributed by atoms with E-state index < -0.39 is 0 Å². The average molecular weight is 249 g/mol. The summed E-state index contributed by atoms with van der Waals surface area (Å²) in [5, 5.41) is 5.62. The molecular formula is C13H19N3O2. The third-order valence-corrected chi connectivity index (χ3v) is 3.32. The van der Waals surface area contributed by atoms with Crippen molar-refractivity contribution in [2.24, 2.45) is 5.92 Å². The van der Waals surface area contributed by atoms with Gasteiger partial charge in [-0.25, -0.2) is 4.79 Å². The van der Waals surface area contributed by atoms with Crippen LogP contribution in [0.2, 0.25) is 0 Å². The van der Waals surface area contributed by atoms with Gasteiger partial charge in [0, 0.05) is 25.4 Å². The first-order valence-corrected chi connectivity index (χ1v) is 6.43. The molecule has 1 fully saturated rings. The summed E-state index contributed by atoms with van der Waals surface area (Å²) in [5.41, 5.74) is 0.649. The largest absolute Gasteiger partial charge is 0.338 e. The van der Waals surface area contributed by atoms with Crippen LogP contribution >= 0.6 is 0 Å². The molecule has 18 heavy (non-hydrogen) atoms. The fourth-order valence-electron chi connectivity index (χ4n) is 2.30. The molecule has 5 nitrogen and oxygen atoms in total. The van der Waals surface area contributed by atoms with Crippen molar-refractivity contribution in [1.82, 2.24) is 15.6 Å². The third kappa shape index (κ3) is 3.91. The minimum atomic E-state index is -0.165. The van der Waals surface area contributed by atoms with Crippen molar-refractivity contribution in [2.75, 3.05) is 6.54 Å². The number of hydrogen-bond donors (Lipinski definition) is 3. The highest BCUT2D eigenvalue weighted by molar-refractivity contribution is 5.73. The van der Waals surface area contributed by atoms with Crippen molar-refractivity contribution < 1.29 is 4.79 Å². The normalized spacial score (nSPS) is 15.6. The number of aromatic amines is 1. The van der Waals surface area contributed by atoms with Crippen molar-refractivity contribution in [2.45, 2.75) is 32.2 Å².